The van der Waals surface area contributed by atoms with Gasteiger partial charge in [0, 0.05) is 11.1 Å². The Hall–Kier alpha value is -1.58. The van der Waals surface area contributed by atoms with E-state index in [2.05, 4.69) is 0 Å². The number of benzene rings is 2. The quantitative estimate of drug-likeness (QED) is 0.248. The van der Waals surface area contributed by atoms with Crippen molar-refractivity contribution >= 4 is 11.9 Å². The van der Waals surface area contributed by atoms with E-state index >= 15 is 0 Å². The predicted molar refractivity (Wildman–Crippen MR) is 95.6 cm³/mol. The Bertz CT molecular complexity index is 671. The molecular formula is C18H24FeN2NaO6+4. The van der Waals surface area contributed by atoms with Crippen LogP contribution in [-0.4, -0.2) is 35.4 Å². The summed E-state index contributed by atoms with van der Waals surface area (Å²) in [7, 11) is 0. The molecule has 2 aromatic rings. The Morgan fingerprint density at radius 3 is 1.36 bits per heavy atom. The van der Waals surface area contributed by atoms with Gasteiger partial charge in [-0.1, -0.05) is 36.4 Å². The van der Waals surface area contributed by atoms with Gasteiger partial charge in [-0.3, -0.25) is 9.59 Å². The Morgan fingerprint density at radius 2 is 1.04 bits per heavy atom. The van der Waals surface area contributed by atoms with E-state index in [1.165, 1.54) is 12.1 Å². The van der Waals surface area contributed by atoms with Gasteiger partial charge >= 0.3 is 58.6 Å². The van der Waals surface area contributed by atoms with Crippen molar-refractivity contribution in [1.29, 1.82) is 0 Å². The van der Waals surface area contributed by atoms with Crippen LogP contribution in [0, 0.1) is 0 Å². The molecule has 0 aliphatic rings. The number of rotatable bonds is 7. The van der Waals surface area contributed by atoms with Crippen LogP contribution in [0.2, 0.25) is 0 Å². The number of esters is 2. The van der Waals surface area contributed by atoms with E-state index in [1.807, 2.05) is 0 Å². The van der Waals surface area contributed by atoms with Gasteiger partial charge in [0.05, 0.1) is 12.8 Å². The smallest absolute Gasteiger partial charge is 0.508 e. The third-order valence-corrected chi connectivity index (χ3v) is 3.26. The largest absolute Gasteiger partial charge is 3.00 e. The molecule has 2 rings (SSSR count). The van der Waals surface area contributed by atoms with Crippen LogP contribution in [0.15, 0.2) is 48.5 Å². The first-order valence-corrected chi connectivity index (χ1v) is 7.41. The minimum atomic E-state index is -0.520. The second-order valence-electron chi connectivity index (χ2n) is 5.05. The fourth-order valence-corrected chi connectivity index (χ4v) is 2.04. The van der Waals surface area contributed by atoms with Crippen molar-refractivity contribution in [2.75, 3.05) is 13.2 Å². The molecule has 28 heavy (non-hydrogen) atoms. The normalized spacial score (nSPS) is 8.71. The molecule has 0 spiro atoms. The van der Waals surface area contributed by atoms with Crippen LogP contribution < -0.4 is 41.9 Å². The van der Waals surface area contributed by atoms with Crippen LogP contribution in [0.3, 0.4) is 0 Å². The first kappa shape index (κ1) is 31.1. The molecule has 8 nitrogen and oxygen atoms in total. The van der Waals surface area contributed by atoms with Crippen molar-refractivity contribution in [3.8, 4) is 11.5 Å². The Morgan fingerprint density at radius 1 is 0.714 bits per heavy atom. The van der Waals surface area contributed by atoms with Crippen molar-refractivity contribution in [3.05, 3.63) is 59.7 Å². The number of phenolic OH excluding ortho intramolecular Hbond substituents is 2. The fraction of sp³-hybridized carbons (Fsp3) is 0.222. The monoisotopic (exact) mass is 443 g/mol. The third kappa shape index (κ3) is 10.7. The van der Waals surface area contributed by atoms with E-state index in [0.717, 1.165) is 0 Å². The molecule has 0 fully saturated rings. The summed E-state index contributed by atoms with van der Waals surface area (Å²) in [4.78, 5) is 23.3. The minimum Gasteiger partial charge on any atom is -0.508 e. The van der Waals surface area contributed by atoms with E-state index in [-0.39, 0.29) is 96.5 Å². The summed E-state index contributed by atoms with van der Waals surface area (Å²) in [6.07, 6.45) is -0.114. The van der Waals surface area contributed by atoms with Gasteiger partial charge in [-0.05, 0) is 12.1 Å². The molecule has 0 aliphatic carbocycles. The maximum atomic E-state index is 11.6. The fourth-order valence-electron chi connectivity index (χ4n) is 2.04. The maximum absolute atomic E-state index is 11.6. The van der Waals surface area contributed by atoms with Crippen molar-refractivity contribution in [2.45, 2.75) is 12.8 Å². The van der Waals surface area contributed by atoms with E-state index in [4.69, 9.17) is 9.47 Å². The van der Waals surface area contributed by atoms with Gasteiger partial charge in [-0.15, -0.1) is 0 Å². The Balaban J connectivity index is -0.00000156. The number of hydrogen-bond donors (Lipinski definition) is 4. The first-order valence-electron chi connectivity index (χ1n) is 7.41. The minimum absolute atomic E-state index is 0. The number of para-hydroxylation sites is 2. The van der Waals surface area contributed by atoms with Crippen LogP contribution >= 0.6 is 0 Å². The number of aromatic hydroxyl groups is 2. The van der Waals surface area contributed by atoms with Crippen LogP contribution in [0.25, 0.3) is 0 Å². The summed E-state index contributed by atoms with van der Waals surface area (Å²) in [5.41, 5.74) is 0.943. The summed E-state index contributed by atoms with van der Waals surface area (Å²) in [6.45, 7) is -0.141. The van der Waals surface area contributed by atoms with Crippen molar-refractivity contribution < 1.29 is 75.9 Å². The van der Waals surface area contributed by atoms with Crippen molar-refractivity contribution in [1.82, 2.24) is 12.3 Å². The van der Waals surface area contributed by atoms with Gasteiger partial charge < -0.3 is 32.0 Å². The molecule has 0 bridgehead atoms. The van der Waals surface area contributed by atoms with E-state index in [9.17, 15) is 19.8 Å². The average Bonchev–Trinajstić information content (AvgIpc) is 2.56. The number of hydrogen-bond acceptors (Lipinski definition) is 8. The molecule has 0 unspecified atom stereocenters. The first-order chi connectivity index (χ1) is 11.6. The van der Waals surface area contributed by atoms with Gasteiger partial charge in [0.25, 0.3) is 0 Å². The molecule has 2 aromatic carbocycles. The Kier molecular flexibility index (Phi) is 18.2. The third-order valence-electron chi connectivity index (χ3n) is 3.26. The maximum Gasteiger partial charge on any atom is 3.00 e. The molecule has 0 aliphatic heterocycles. The standard InChI is InChI=1S/C18H18O6.Fe.2H3N.Na/c19-15-7-3-1-5-13(15)11-17(21)23-9-10-24-18(22)12-14-6-2-4-8-16(14)20;;;;/h1-8,19-20H,9-12H2;;2*1H3;/q;+3;;;+1. The second kappa shape index (κ2) is 16.4. The molecular weight excluding hydrogens is 419 g/mol. The summed E-state index contributed by atoms with van der Waals surface area (Å²) in [5, 5.41) is 19.1. The summed E-state index contributed by atoms with van der Waals surface area (Å²) >= 11 is 0. The zero-order valence-corrected chi connectivity index (χ0v) is 18.8. The van der Waals surface area contributed by atoms with Crippen LogP contribution in [-0.2, 0) is 49.0 Å². The molecule has 0 aromatic heterocycles. The zero-order valence-electron chi connectivity index (χ0n) is 15.7. The van der Waals surface area contributed by atoms with Crippen molar-refractivity contribution in [3.63, 3.8) is 0 Å². The van der Waals surface area contributed by atoms with Gasteiger partial charge in [-0.2, -0.15) is 0 Å². The summed E-state index contributed by atoms with van der Waals surface area (Å²) < 4.78 is 9.90. The molecule has 8 N–H and O–H groups in total. The van der Waals surface area contributed by atoms with Gasteiger partial charge in [0.15, 0.2) is 0 Å². The molecule has 1 radical (unpaired) electrons. The molecule has 0 saturated carbocycles. The molecule has 0 saturated heterocycles. The van der Waals surface area contributed by atoms with Gasteiger partial charge in [0.1, 0.15) is 24.7 Å². The number of carbonyl (C=O) groups excluding carboxylic acids is 2. The van der Waals surface area contributed by atoms with E-state index < -0.39 is 11.9 Å². The predicted octanol–water partition coefficient (Wildman–Crippen LogP) is -0.705. The average molecular weight is 443 g/mol. The van der Waals surface area contributed by atoms with E-state index in [0.29, 0.717) is 11.1 Å². The molecule has 147 valence electrons. The number of ether oxygens (including phenoxy) is 2. The summed E-state index contributed by atoms with van der Waals surface area (Å²) in [6, 6.07) is 13.0. The van der Waals surface area contributed by atoms with Crippen LogP contribution in [0.5, 0.6) is 11.5 Å². The Labute approximate surface area is 196 Å². The van der Waals surface area contributed by atoms with Crippen LogP contribution in [0.1, 0.15) is 11.1 Å². The molecule has 0 heterocycles. The van der Waals surface area contributed by atoms with E-state index in [1.54, 1.807) is 36.4 Å². The zero-order chi connectivity index (χ0) is 17.4. The molecule has 0 amide bonds. The molecule has 0 atom stereocenters. The van der Waals surface area contributed by atoms with Gasteiger partial charge in [-0.25, -0.2) is 0 Å². The SMILES string of the molecule is N.N.O=C(Cc1ccccc1O)OCCOC(=O)Cc1ccccc1O.[Fe+3].[Na+]. The molecule has 10 heteroatoms. The topological polar surface area (TPSA) is 163 Å². The van der Waals surface area contributed by atoms with Crippen molar-refractivity contribution in [2.24, 2.45) is 0 Å². The number of phenols is 2. The van der Waals surface area contributed by atoms with Crippen LogP contribution in [0.4, 0.5) is 0 Å². The van der Waals surface area contributed by atoms with Gasteiger partial charge in [0.2, 0.25) is 0 Å². The summed E-state index contributed by atoms with van der Waals surface area (Å²) in [5.74, 6) is -0.978. The second-order valence-corrected chi connectivity index (χ2v) is 5.05. The number of carbonyl (C=O) groups is 2.